The second-order valence-corrected chi connectivity index (χ2v) is 7.14. The van der Waals surface area contributed by atoms with E-state index in [2.05, 4.69) is 17.5 Å². The lowest BCUT2D eigenvalue weighted by Crippen LogP contribution is -2.29. The number of nitro groups is 1. The van der Waals surface area contributed by atoms with Crippen LogP contribution in [0.15, 0.2) is 42.5 Å². The number of halogens is 1. The average molecular weight is 387 g/mol. The molecule has 0 bridgehead atoms. The summed E-state index contributed by atoms with van der Waals surface area (Å²) in [6, 6.07) is 8.27. The molecule has 4 rings (SSSR count). The van der Waals surface area contributed by atoms with Crippen LogP contribution in [-0.4, -0.2) is 19.1 Å². The maximum absolute atomic E-state index is 11.2. The molecule has 0 unspecified atom stereocenters. The molecule has 1 aliphatic carbocycles. The van der Waals surface area contributed by atoms with Gasteiger partial charge in [-0.3, -0.25) is 10.1 Å². The van der Waals surface area contributed by atoms with Gasteiger partial charge in [0.1, 0.15) is 11.5 Å². The molecule has 140 valence electrons. The third-order valence-corrected chi connectivity index (χ3v) is 5.73. The summed E-state index contributed by atoms with van der Waals surface area (Å²) in [5.41, 5.74) is 2.74. The van der Waals surface area contributed by atoms with Gasteiger partial charge >= 0.3 is 0 Å². The topological polar surface area (TPSA) is 73.6 Å². The number of benzene rings is 2. The van der Waals surface area contributed by atoms with Crippen LogP contribution in [0.2, 0.25) is 5.02 Å². The van der Waals surface area contributed by atoms with E-state index in [4.69, 9.17) is 21.1 Å². The van der Waals surface area contributed by atoms with Crippen LogP contribution in [0.1, 0.15) is 29.5 Å². The van der Waals surface area contributed by atoms with Crippen LogP contribution >= 0.6 is 11.6 Å². The molecule has 3 atom stereocenters. The van der Waals surface area contributed by atoms with Crippen molar-refractivity contribution in [2.45, 2.75) is 18.4 Å². The fourth-order valence-electron chi connectivity index (χ4n) is 4.11. The number of allylic oxidation sites excluding steroid dienone is 2. The van der Waals surface area contributed by atoms with Crippen LogP contribution in [0.25, 0.3) is 0 Å². The van der Waals surface area contributed by atoms with Crippen molar-refractivity contribution >= 4 is 23.0 Å². The molecule has 7 heteroatoms. The predicted molar refractivity (Wildman–Crippen MR) is 104 cm³/mol. The molecule has 0 radical (unpaired) electrons. The minimum absolute atomic E-state index is 0.0335. The molecule has 0 aromatic heterocycles. The Bertz CT molecular complexity index is 944. The number of ether oxygens (including phenoxy) is 2. The van der Waals surface area contributed by atoms with E-state index >= 15 is 0 Å². The van der Waals surface area contributed by atoms with Gasteiger partial charge in [-0.1, -0.05) is 23.8 Å². The Morgan fingerprint density at radius 2 is 2.00 bits per heavy atom. The molecule has 1 aliphatic heterocycles. The Balaban J connectivity index is 1.85. The van der Waals surface area contributed by atoms with Gasteiger partial charge in [0.15, 0.2) is 0 Å². The first-order valence-electron chi connectivity index (χ1n) is 8.66. The number of anilines is 1. The Labute approximate surface area is 161 Å². The molecular formula is C20H19ClN2O4. The molecule has 0 saturated carbocycles. The van der Waals surface area contributed by atoms with E-state index in [1.807, 2.05) is 12.1 Å². The van der Waals surface area contributed by atoms with Crippen molar-refractivity contribution in [3.63, 3.8) is 0 Å². The lowest BCUT2D eigenvalue weighted by atomic mass is 9.76. The normalized spacial score (nSPS) is 22.6. The molecule has 6 nitrogen and oxygen atoms in total. The van der Waals surface area contributed by atoms with E-state index in [9.17, 15) is 10.1 Å². The number of hydrogen-bond acceptors (Lipinski definition) is 5. The summed E-state index contributed by atoms with van der Waals surface area (Å²) in [6.45, 7) is 0. The highest BCUT2D eigenvalue weighted by molar-refractivity contribution is 6.31. The second-order valence-electron chi connectivity index (χ2n) is 6.73. The molecule has 0 amide bonds. The third-order valence-electron chi connectivity index (χ3n) is 5.39. The summed E-state index contributed by atoms with van der Waals surface area (Å²) in [5.74, 6) is 1.77. The molecule has 2 aromatic rings. The maximum atomic E-state index is 11.2. The maximum Gasteiger partial charge on any atom is 0.269 e. The van der Waals surface area contributed by atoms with Crippen molar-refractivity contribution in [2.75, 3.05) is 19.5 Å². The van der Waals surface area contributed by atoms with E-state index in [-0.39, 0.29) is 23.6 Å². The number of nitro benzene ring substituents is 1. The van der Waals surface area contributed by atoms with Gasteiger partial charge in [-0.05, 0) is 30.0 Å². The average Bonchev–Trinajstić information content (AvgIpc) is 3.17. The van der Waals surface area contributed by atoms with Gasteiger partial charge in [0.2, 0.25) is 0 Å². The monoisotopic (exact) mass is 386 g/mol. The summed E-state index contributed by atoms with van der Waals surface area (Å²) < 4.78 is 11.0. The Morgan fingerprint density at radius 1 is 1.19 bits per heavy atom. The van der Waals surface area contributed by atoms with Crippen molar-refractivity contribution < 1.29 is 14.4 Å². The number of methoxy groups -OCH3 is 2. The standard InChI is InChI=1S/C20H19ClN2O4/c1-26-12-9-15-13-4-3-5-14(13)19(22-20(15)18(10-12)27-2)16-8-11(23(24)25)6-7-17(16)21/h3-4,6-10,13-14,19,22H,5H2,1-2H3/t13-,14-,19-/m1/s1. The van der Waals surface area contributed by atoms with Crippen molar-refractivity contribution in [3.05, 3.63) is 68.7 Å². The molecule has 0 spiro atoms. The van der Waals surface area contributed by atoms with Gasteiger partial charge in [-0.15, -0.1) is 0 Å². The van der Waals surface area contributed by atoms with Gasteiger partial charge in [0, 0.05) is 34.7 Å². The van der Waals surface area contributed by atoms with Crippen molar-refractivity contribution in [2.24, 2.45) is 5.92 Å². The fourth-order valence-corrected chi connectivity index (χ4v) is 4.35. The quantitative estimate of drug-likeness (QED) is 0.450. The molecule has 27 heavy (non-hydrogen) atoms. The summed E-state index contributed by atoms with van der Waals surface area (Å²) in [6.07, 6.45) is 5.19. The number of non-ortho nitro benzene ring substituents is 1. The van der Waals surface area contributed by atoms with Crippen molar-refractivity contribution in [1.29, 1.82) is 0 Å². The van der Waals surface area contributed by atoms with Crippen molar-refractivity contribution in [1.82, 2.24) is 0 Å². The first kappa shape index (κ1) is 17.7. The Morgan fingerprint density at radius 3 is 2.70 bits per heavy atom. The molecule has 1 N–H and O–H groups in total. The predicted octanol–water partition coefficient (Wildman–Crippen LogP) is 5.09. The summed E-state index contributed by atoms with van der Waals surface area (Å²) in [5, 5.41) is 15.3. The lowest BCUT2D eigenvalue weighted by Gasteiger charge is -2.38. The van der Waals surface area contributed by atoms with E-state index in [1.54, 1.807) is 26.4 Å². The largest absolute Gasteiger partial charge is 0.497 e. The van der Waals surface area contributed by atoms with Crippen LogP contribution < -0.4 is 14.8 Å². The Kier molecular flexibility index (Phi) is 4.44. The molecule has 2 aliphatic rings. The smallest absolute Gasteiger partial charge is 0.269 e. The van der Waals surface area contributed by atoms with Gasteiger partial charge < -0.3 is 14.8 Å². The molecule has 2 aromatic carbocycles. The van der Waals surface area contributed by atoms with E-state index in [1.165, 1.54) is 6.07 Å². The fraction of sp³-hybridized carbons (Fsp3) is 0.300. The summed E-state index contributed by atoms with van der Waals surface area (Å²) in [4.78, 5) is 10.8. The van der Waals surface area contributed by atoms with E-state index in [0.717, 1.165) is 29.0 Å². The van der Waals surface area contributed by atoms with Crippen LogP contribution in [0.5, 0.6) is 11.5 Å². The van der Waals surface area contributed by atoms with Crippen LogP contribution in [-0.2, 0) is 0 Å². The number of rotatable bonds is 4. The summed E-state index contributed by atoms with van der Waals surface area (Å²) >= 11 is 6.44. The third kappa shape index (κ3) is 2.90. The van der Waals surface area contributed by atoms with E-state index < -0.39 is 4.92 Å². The van der Waals surface area contributed by atoms with Crippen LogP contribution in [0, 0.1) is 16.0 Å². The first-order valence-corrected chi connectivity index (χ1v) is 9.04. The SMILES string of the molecule is COc1cc(OC)c2c(c1)[C@@H]1C=CC[C@H]1[C@H](c1cc([N+](=O)[O-])ccc1Cl)N2. The van der Waals surface area contributed by atoms with Crippen LogP contribution in [0.4, 0.5) is 11.4 Å². The zero-order valence-electron chi connectivity index (χ0n) is 14.9. The zero-order valence-corrected chi connectivity index (χ0v) is 15.7. The second kappa shape index (κ2) is 6.78. The van der Waals surface area contributed by atoms with E-state index in [0.29, 0.717) is 10.8 Å². The van der Waals surface area contributed by atoms with Gasteiger partial charge in [0.05, 0.1) is 30.9 Å². The Hall–Kier alpha value is -2.73. The molecule has 0 saturated heterocycles. The van der Waals surface area contributed by atoms with Crippen LogP contribution in [0.3, 0.4) is 0 Å². The highest BCUT2D eigenvalue weighted by Crippen LogP contribution is 2.54. The zero-order chi connectivity index (χ0) is 19.1. The lowest BCUT2D eigenvalue weighted by molar-refractivity contribution is -0.384. The highest BCUT2D eigenvalue weighted by Gasteiger charge is 2.40. The first-order chi connectivity index (χ1) is 13.0. The molecule has 0 fully saturated rings. The number of nitrogens with one attached hydrogen (secondary N) is 1. The number of fused-ring (bicyclic) bond motifs is 3. The molecule has 1 heterocycles. The number of hydrogen-bond donors (Lipinski definition) is 1. The van der Waals surface area contributed by atoms with Gasteiger partial charge in [-0.2, -0.15) is 0 Å². The molecular weight excluding hydrogens is 368 g/mol. The minimum atomic E-state index is -0.396. The van der Waals surface area contributed by atoms with Gasteiger partial charge in [0.25, 0.3) is 5.69 Å². The van der Waals surface area contributed by atoms with Crippen molar-refractivity contribution in [3.8, 4) is 11.5 Å². The number of nitrogens with zero attached hydrogens (tertiary/aromatic N) is 1. The highest BCUT2D eigenvalue weighted by atomic mass is 35.5. The minimum Gasteiger partial charge on any atom is -0.497 e. The van der Waals surface area contributed by atoms with Gasteiger partial charge in [-0.25, -0.2) is 0 Å². The summed E-state index contributed by atoms with van der Waals surface area (Å²) in [7, 11) is 3.24.